The highest BCUT2D eigenvalue weighted by Crippen LogP contribution is 2.15. The first-order valence-corrected chi connectivity index (χ1v) is 7.94. The van der Waals surface area contributed by atoms with Crippen molar-refractivity contribution in [3.63, 3.8) is 0 Å². The molecule has 3 aromatic rings. The Morgan fingerprint density at radius 1 is 1.21 bits per heavy atom. The van der Waals surface area contributed by atoms with Crippen LogP contribution in [0.4, 0.5) is 4.39 Å². The van der Waals surface area contributed by atoms with Crippen molar-refractivity contribution in [3.05, 3.63) is 82.6 Å². The molecule has 0 amide bonds. The van der Waals surface area contributed by atoms with Crippen LogP contribution in [0.5, 0.6) is 0 Å². The molecule has 24 heavy (non-hydrogen) atoms. The molecule has 0 atom stereocenters. The van der Waals surface area contributed by atoms with Crippen molar-refractivity contribution in [3.8, 4) is 5.69 Å². The van der Waals surface area contributed by atoms with Gasteiger partial charge in [0.25, 0.3) is 0 Å². The van der Waals surface area contributed by atoms with Gasteiger partial charge in [0.2, 0.25) is 6.33 Å². The Morgan fingerprint density at radius 2 is 1.92 bits per heavy atom. The van der Waals surface area contributed by atoms with Gasteiger partial charge in [-0.3, -0.25) is 4.79 Å². The largest absolute Gasteiger partial charge is 1.00 e. The van der Waals surface area contributed by atoms with Crippen molar-refractivity contribution in [2.45, 2.75) is 13.5 Å². The van der Waals surface area contributed by atoms with Crippen LogP contribution in [-0.2, 0) is 6.54 Å². The lowest BCUT2D eigenvalue weighted by Gasteiger charge is -2.01. The summed E-state index contributed by atoms with van der Waals surface area (Å²) in [6.07, 6.45) is 5.68. The number of hydrogen-bond donors (Lipinski definition) is 0. The zero-order chi connectivity index (χ0) is 16.4. The Bertz CT molecular complexity index is 862. The summed E-state index contributed by atoms with van der Waals surface area (Å²) >= 11 is 3.36. The maximum Gasteiger partial charge on any atom is 0.249 e. The van der Waals surface area contributed by atoms with Crippen molar-refractivity contribution in [2.24, 2.45) is 0 Å². The van der Waals surface area contributed by atoms with E-state index in [1.165, 1.54) is 6.07 Å². The van der Waals surface area contributed by atoms with E-state index >= 15 is 0 Å². The summed E-state index contributed by atoms with van der Waals surface area (Å²) < 4.78 is 18.5. The predicted molar refractivity (Wildman–Crippen MR) is 89.2 cm³/mol. The number of benzene rings is 2. The van der Waals surface area contributed by atoms with E-state index in [9.17, 15) is 9.18 Å². The van der Waals surface area contributed by atoms with E-state index < -0.39 is 0 Å². The second kappa shape index (κ2) is 7.73. The van der Waals surface area contributed by atoms with E-state index in [4.69, 9.17) is 0 Å². The van der Waals surface area contributed by atoms with Gasteiger partial charge in [-0.05, 0) is 49.4 Å². The average Bonchev–Trinajstić information content (AvgIpc) is 2.99. The number of carbonyl (C=O) groups excluding carboxylic acids is 1. The van der Waals surface area contributed by atoms with Crippen LogP contribution in [0.15, 0.2) is 65.7 Å². The Hall–Kier alpha value is -1.98. The number of imidazole rings is 1. The minimum atomic E-state index is -0.223. The zero-order valence-corrected chi connectivity index (χ0v) is 15.3. The number of Topliss-reactive ketones (excluding diaryl/α,β-unsaturated/α-hetero) is 1. The fourth-order valence-corrected chi connectivity index (χ4v) is 2.78. The Balaban J connectivity index is 0.00000208. The molecule has 0 aliphatic rings. The van der Waals surface area contributed by atoms with Gasteiger partial charge in [0.15, 0.2) is 5.78 Å². The lowest BCUT2D eigenvalue weighted by molar-refractivity contribution is -0.687. The van der Waals surface area contributed by atoms with Gasteiger partial charge in [0.05, 0.1) is 0 Å². The van der Waals surface area contributed by atoms with Crippen molar-refractivity contribution in [2.75, 3.05) is 0 Å². The zero-order valence-electron chi connectivity index (χ0n) is 12.9. The number of hydrogen-bond acceptors (Lipinski definition) is 1. The molecule has 1 aromatic heterocycles. The van der Waals surface area contributed by atoms with Crippen LogP contribution in [-0.4, -0.2) is 10.4 Å². The second-order valence-corrected chi connectivity index (χ2v) is 6.25. The Labute approximate surface area is 154 Å². The predicted octanol–water partition coefficient (Wildman–Crippen LogP) is 0.921. The third kappa shape index (κ3) is 4.10. The van der Waals surface area contributed by atoms with Gasteiger partial charge in [0.1, 0.15) is 30.4 Å². The first-order chi connectivity index (χ1) is 11.0. The van der Waals surface area contributed by atoms with E-state index in [0.717, 1.165) is 10.2 Å². The smallest absolute Gasteiger partial charge is 0.249 e. The molecule has 1 heterocycles. The van der Waals surface area contributed by atoms with Gasteiger partial charge in [-0.25, -0.2) is 13.5 Å². The first kappa shape index (κ1) is 18.4. The summed E-state index contributed by atoms with van der Waals surface area (Å²) in [5.41, 5.74) is 2.25. The fourth-order valence-electron chi connectivity index (χ4n) is 2.37. The van der Waals surface area contributed by atoms with Crippen LogP contribution in [0.25, 0.3) is 5.69 Å². The molecule has 0 aliphatic carbocycles. The summed E-state index contributed by atoms with van der Waals surface area (Å²) in [6.45, 7) is 2.00. The highest BCUT2D eigenvalue weighted by molar-refractivity contribution is 9.10. The SMILES string of the molecule is CC(=O)c1ccc(-n2cc[n+](Cc3cc(Br)ccc3F)c2)cc1.[Cl-]. The Morgan fingerprint density at radius 3 is 2.58 bits per heavy atom. The molecule has 0 fully saturated rings. The third-order valence-corrected chi connectivity index (χ3v) is 4.12. The average molecular weight is 410 g/mol. The van der Waals surface area contributed by atoms with Crippen molar-refractivity contribution in [1.29, 1.82) is 0 Å². The lowest BCUT2D eigenvalue weighted by Crippen LogP contribution is -3.00. The van der Waals surface area contributed by atoms with Crippen LogP contribution >= 0.6 is 15.9 Å². The molecule has 6 heteroatoms. The van der Waals surface area contributed by atoms with E-state index in [1.54, 1.807) is 31.2 Å². The minimum Gasteiger partial charge on any atom is -1.00 e. The van der Waals surface area contributed by atoms with Gasteiger partial charge in [-0.15, -0.1) is 0 Å². The molecule has 124 valence electrons. The van der Waals surface area contributed by atoms with Crippen LogP contribution in [0.1, 0.15) is 22.8 Å². The van der Waals surface area contributed by atoms with Gasteiger partial charge in [-0.1, -0.05) is 15.9 Å². The molecule has 3 nitrogen and oxygen atoms in total. The molecule has 0 N–H and O–H groups in total. The van der Waals surface area contributed by atoms with Crippen LogP contribution in [0.3, 0.4) is 0 Å². The van der Waals surface area contributed by atoms with E-state index in [0.29, 0.717) is 17.7 Å². The van der Waals surface area contributed by atoms with E-state index in [1.807, 2.05) is 40.0 Å². The molecular weight excluding hydrogens is 395 g/mol. The Kier molecular flexibility index (Phi) is 5.91. The standard InChI is InChI=1S/C18H15BrFN2O.ClH/c1-13(23)14-2-5-17(6-3-14)22-9-8-21(12-22)11-15-10-16(19)4-7-18(15)20;/h2-10,12H,11H2,1H3;1H/q+1;/p-1. The number of halogens is 3. The summed E-state index contributed by atoms with van der Waals surface area (Å²) in [4.78, 5) is 11.3. The first-order valence-electron chi connectivity index (χ1n) is 7.15. The summed E-state index contributed by atoms with van der Waals surface area (Å²) in [5, 5.41) is 0. The van der Waals surface area contributed by atoms with Gasteiger partial charge >= 0.3 is 0 Å². The number of ketones is 1. The second-order valence-electron chi connectivity index (χ2n) is 5.33. The van der Waals surface area contributed by atoms with Crippen molar-refractivity contribution in [1.82, 2.24) is 4.57 Å². The molecule has 3 rings (SSSR count). The van der Waals surface area contributed by atoms with Crippen LogP contribution in [0.2, 0.25) is 0 Å². The molecule has 0 saturated heterocycles. The molecular formula is C18H15BrClFN2O. The normalized spacial score (nSPS) is 10.3. The number of aromatic nitrogens is 2. The number of rotatable bonds is 4. The number of carbonyl (C=O) groups is 1. The number of nitrogens with zero attached hydrogens (tertiary/aromatic N) is 2. The van der Waals surface area contributed by atoms with Gasteiger partial charge in [0, 0.05) is 15.6 Å². The molecule has 0 aliphatic heterocycles. The molecule has 0 spiro atoms. The summed E-state index contributed by atoms with van der Waals surface area (Å²) in [6, 6.07) is 12.3. The van der Waals surface area contributed by atoms with Gasteiger partial charge in [-0.2, -0.15) is 0 Å². The van der Waals surface area contributed by atoms with Crippen molar-refractivity contribution < 1.29 is 26.2 Å². The molecule has 0 bridgehead atoms. The maximum atomic E-state index is 13.8. The molecule has 0 radical (unpaired) electrons. The van der Waals surface area contributed by atoms with E-state index in [2.05, 4.69) is 15.9 Å². The summed E-state index contributed by atoms with van der Waals surface area (Å²) in [7, 11) is 0. The summed E-state index contributed by atoms with van der Waals surface area (Å²) in [5.74, 6) is -0.177. The maximum absolute atomic E-state index is 13.8. The van der Waals surface area contributed by atoms with Gasteiger partial charge < -0.3 is 12.4 Å². The van der Waals surface area contributed by atoms with Crippen LogP contribution in [0, 0.1) is 5.82 Å². The van der Waals surface area contributed by atoms with E-state index in [-0.39, 0.29) is 24.0 Å². The highest BCUT2D eigenvalue weighted by atomic mass is 79.9. The molecule has 0 saturated carbocycles. The highest BCUT2D eigenvalue weighted by Gasteiger charge is 2.11. The van der Waals surface area contributed by atoms with Crippen molar-refractivity contribution >= 4 is 21.7 Å². The fraction of sp³-hybridized carbons (Fsp3) is 0.111. The third-order valence-electron chi connectivity index (χ3n) is 3.62. The monoisotopic (exact) mass is 408 g/mol. The van der Waals surface area contributed by atoms with Crippen LogP contribution < -0.4 is 17.0 Å². The quantitative estimate of drug-likeness (QED) is 0.465. The lowest BCUT2D eigenvalue weighted by atomic mass is 10.1. The minimum absolute atomic E-state index is 0. The molecule has 2 aromatic carbocycles. The topological polar surface area (TPSA) is 25.9 Å². The molecule has 0 unspecified atom stereocenters.